The summed E-state index contributed by atoms with van der Waals surface area (Å²) in [6.45, 7) is 4.70. The number of nitrogens with one attached hydrogen (secondary N) is 2. The molecule has 1 aromatic rings. The van der Waals surface area contributed by atoms with Crippen molar-refractivity contribution in [1.82, 2.24) is 5.32 Å². The number of carbonyl (C=O) groups is 1. The molecule has 0 saturated heterocycles. The van der Waals surface area contributed by atoms with Gasteiger partial charge >= 0.3 is 0 Å². The molecule has 4 heteroatoms. The van der Waals surface area contributed by atoms with Crippen LogP contribution < -0.4 is 10.6 Å². The van der Waals surface area contributed by atoms with Gasteiger partial charge in [0.1, 0.15) is 0 Å². The van der Waals surface area contributed by atoms with E-state index in [2.05, 4.69) is 10.6 Å². The first-order chi connectivity index (χ1) is 9.13. The third-order valence-electron chi connectivity index (χ3n) is 3.59. The molecule has 1 aromatic carbocycles. The van der Waals surface area contributed by atoms with E-state index in [1.165, 1.54) is 0 Å². The van der Waals surface area contributed by atoms with Gasteiger partial charge in [-0.1, -0.05) is 0 Å². The van der Waals surface area contributed by atoms with Crippen LogP contribution in [0.5, 0.6) is 0 Å². The van der Waals surface area contributed by atoms with Gasteiger partial charge in [0.05, 0.1) is 6.10 Å². The maximum atomic E-state index is 12.2. The van der Waals surface area contributed by atoms with Crippen molar-refractivity contribution >= 4 is 11.6 Å². The van der Waals surface area contributed by atoms with Crippen molar-refractivity contribution in [3.8, 4) is 0 Å². The van der Waals surface area contributed by atoms with Crippen LogP contribution in [0, 0.1) is 6.92 Å². The standard InChI is InChI=1S/C15H22N2O2/c1-4-19-13-8-12(9-13)17-15(18)14-6-5-11(16-3)7-10(14)2/h5-7,12-13,16H,4,8-9H2,1-3H3,(H,17,18). The maximum absolute atomic E-state index is 12.2. The number of benzene rings is 1. The Bertz CT molecular complexity index is 453. The molecular weight excluding hydrogens is 240 g/mol. The van der Waals surface area contributed by atoms with Crippen molar-refractivity contribution in [2.24, 2.45) is 0 Å². The number of amides is 1. The fourth-order valence-corrected chi connectivity index (χ4v) is 2.39. The second kappa shape index (κ2) is 6.06. The van der Waals surface area contributed by atoms with Gasteiger partial charge < -0.3 is 15.4 Å². The molecule has 1 aliphatic rings. The van der Waals surface area contributed by atoms with Crippen molar-refractivity contribution in [1.29, 1.82) is 0 Å². The topological polar surface area (TPSA) is 50.4 Å². The smallest absolute Gasteiger partial charge is 0.251 e. The number of anilines is 1. The fraction of sp³-hybridized carbons (Fsp3) is 0.533. The Labute approximate surface area is 114 Å². The van der Waals surface area contributed by atoms with Gasteiger partial charge in [0.25, 0.3) is 5.91 Å². The van der Waals surface area contributed by atoms with Gasteiger partial charge in [-0.25, -0.2) is 0 Å². The van der Waals surface area contributed by atoms with Crippen molar-refractivity contribution in [3.63, 3.8) is 0 Å². The lowest BCUT2D eigenvalue weighted by Crippen LogP contribution is -2.47. The molecule has 2 N–H and O–H groups in total. The minimum atomic E-state index is 0.0140. The molecular formula is C15H22N2O2. The molecule has 0 heterocycles. The lowest BCUT2D eigenvalue weighted by molar-refractivity contribution is -0.00862. The average Bonchev–Trinajstić information content (AvgIpc) is 2.35. The highest BCUT2D eigenvalue weighted by molar-refractivity contribution is 5.96. The van der Waals surface area contributed by atoms with E-state index in [4.69, 9.17) is 4.74 Å². The molecule has 4 nitrogen and oxygen atoms in total. The number of ether oxygens (including phenoxy) is 1. The SMILES string of the molecule is CCOC1CC(NC(=O)c2ccc(NC)cc2C)C1. The summed E-state index contributed by atoms with van der Waals surface area (Å²) in [5.74, 6) is 0.0140. The minimum absolute atomic E-state index is 0.0140. The Morgan fingerprint density at radius 1 is 1.42 bits per heavy atom. The predicted octanol–water partition coefficient (Wildman–Crippen LogP) is 2.33. The van der Waals surface area contributed by atoms with Gasteiger partial charge in [0, 0.05) is 30.9 Å². The molecule has 0 atom stereocenters. The second-order valence-electron chi connectivity index (χ2n) is 5.00. The molecule has 1 amide bonds. The maximum Gasteiger partial charge on any atom is 0.251 e. The quantitative estimate of drug-likeness (QED) is 0.856. The Morgan fingerprint density at radius 3 is 2.74 bits per heavy atom. The van der Waals surface area contributed by atoms with Gasteiger partial charge in [-0.2, -0.15) is 0 Å². The third-order valence-corrected chi connectivity index (χ3v) is 3.59. The van der Waals surface area contributed by atoms with E-state index < -0.39 is 0 Å². The molecule has 1 aliphatic carbocycles. The first kappa shape index (κ1) is 13.9. The lowest BCUT2D eigenvalue weighted by Gasteiger charge is -2.35. The van der Waals surface area contributed by atoms with Crippen LogP contribution in [0.4, 0.5) is 5.69 Å². The van der Waals surface area contributed by atoms with Gasteiger partial charge in [0.15, 0.2) is 0 Å². The summed E-state index contributed by atoms with van der Waals surface area (Å²) in [6, 6.07) is 6.03. The molecule has 1 fully saturated rings. The predicted molar refractivity (Wildman–Crippen MR) is 76.6 cm³/mol. The van der Waals surface area contributed by atoms with E-state index in [9.17, 15) is 4.79 Å². The first-order valence-corrected chi connectivity index (χ1v) is 6.85. The number of hydrogen-bond donors (Lipinski definition) is 2. The summed E-state index contributed by atoms with van der Waals surface area (Å²) in [5.41, 5.74) is 2.76. The van der Waals surface area contributed by atoms with Crippen molar-refractivity contribution < 1.29 is 9.53 Å². The third kappa shape index (κ3) is 3.26. The molecule has 2 rings (SSSR count). The highest BCUT2D eigenvalue weighted by atomic mass is 16.5. The van der Waals surface area contributed by atoms with Crippen LogP contribution in [-0.2, 0) is 4.74 Å². The van der Waals surface area contributed by atoms with Crippen LogP contribution >= 0.6 is 0 Å². The van der Waals surface area contributed by atoms with E-state index in [1.54, 1.807) is 0 Å². The van der Waals surface area contributed by atoms with Gasteiger partial charge in [-0.15, -0.1) is 0 Å². The van der Waals surface area contributed by atoms with Gasteiger partial charge in [-0.3, -0.25) is 4.79 Å². The minimum Gasteiger partial charge on any atom is -0.388 e. The van der Waals surface area contributed by atoms with Gasteiger partial charge in [-0.05, 0) is 50.5 Å². The van der Waals surface area contributed by atoms with Crippen LogP contribution in [0.3, 0.4) is 0 Å². The Kier molecular flexibility index (Phi) is 4.43. The fourth-order valence-electron chi connectivity index (χ4n) is 2.39. The van der Waals surface area contributed by atoms with E-state index in [0.717, 1.165) is 36.3 Å². The molecule has 0 bridgehead atoms. The zero-order valence-electron chi connectivity index (χ0n) is 11.8. The number of carbonyl (C=O) groups excluding carboxylic acids is 1. The largest absolute Gasteiger partial charge is 0.388 e. The molecule has 0 unspecified atom stereocenters. The molecule has 1 saturated carbocycles. The van der Waals surface area contributed by atoms with E-state index >= 15 is 0 Å². The van der Waals surface area contributed by atoms with Crippen LogP contribution in [0.25, 0.3) is 0 Å². The second-order valence-corrected chi connectivity index (χ2v) is 5.00. The monoisotopic (exact) mass is 262 g/mol. The number of rotatable bonds is 5. The Morgan fingerprint density at radius 2 is 2.16 bits per heavy atom. The number of aryl methyl sites for hydroxylation is 1. The first-order valence-electron chi connectivity index (χ1n) is 6.85. The molecule has 0 aliphatic heterocycles. The molecule has 104 valence electrons. The highest BCUT2D eigenvalue weighted by Gasteiger charge is 2.31. The zero-order chi connectivity index (χ0) is 13.8. The van der Waals surface area contributed by atoms with Crippen LogP contribution in [0.15, 0.2) is 18.2 Å². The summed E-state index contributed by atoms with van der Waals surface area (Å²) in [6.07, 6.45) is 2.17. The summed E-state index contributed by atoms with van der Waals surface area (Å²) in [5, 5.41) is 6.13. The molecule has 0 aromatic heterocycles. The normalized spacial score (nSPS) is 21.6. The summed E-state index contributed by atoms with van der Waals surface area (Å²) >= 11 is 0. The van der Waals surface area contributed by atoms with E-state index in [0.29, 0.717) is 6.10 Å². The van der Waals surface area contributed by atoms with Crippen molar-refractivity contribution in [3.05, 3.63) is 29.3 Å². The Hall–Kier alpha value is -1.55. The molecule has 0 spiro atoms. The summed E-state index contributed by atoms with van der Waals surface area (Å²) in [7, 11) is 1.87. The summed E-state index contributed by atoms with van der Waals surface area (Å²) in [4.78, 5) is 12.2. The van der Waals surface area contributed by atoms with Crippen LogP contribution in [0.2, 0.25) is 0 Å². The zero-order valence-corrected chi connectivity index (χ0v) is 11.8. The summed E-state index contributed by atoms with van der Waals surface area (Å²) < 4.78 is 5.49. The van der Waals surface area contributed by atoms with Crippen LogP contribution in [-0.4, -0.2) is 31.7 Å². The van der Waals surface area contributed by atoms with E-state index in [1.807, 2.05) is 39.1 Å². The van der Waals surface area contributed by atoms with Crippen LogP contribution in [0.1, 0.15) is 35.7 Å². The molecule has 19 heavy (non-hydrogen) atoms. The molecule has 0 radical (unpaired) electrons. The van der Waals surface area contributed by atoms with Crippen molar-refractivity contribution in [2.75, 3.05) is 19.0 Å². The van der Waals surface area contributed by atoms with Crippen molar-refractivity contribution in [2.45, 2.75) is 38.8 Å². The highest BCUT2D eigenvalue weighted by Crippen LogP contribution is 2.24. The van der Waals surface area contributed by atoms with Gasteiger partial charge in [0.2, 0.25) is 0 Å². The van der Waals surface area contributed by atoms with E-state index in [-0.39, 0.29) is 11.9 Å². The Balaban J connectivity index is 1.90. The number of hydrogen-bond acceptors (Lipinski definition) is 3. The average molecular weight is 262 g/mol. The lowest BCUT2D eigenvalue weighted by atomic mass is 9.89.